The van der Waals surface area contributed by atoms with Crippen molar-refractivity contribution >= 4 is 40.2 Å². The zero-order valence-electron chi connectivity index (χ0n) is 21.2. The lowest BCUT2D eigenvalue weighted by Crippen LogP contribution is -2.36. The Labute approximate surface area is 228 Å². The Kier molecular flexibility index (Phi) is 6.74. The van der Waals surface area contributed by atoms with Gasteiger partial charge in [-0.2, -0.15) is 10.2 Å². The molecule has 12 heteroatoms. The molecule has 0 bridgehead atoms. The molecular formula is C27H26ClFN8O2. The van der Waals surface area contributed by atoms with Gasteiger partial charge in [0.15, 0.2) is 11.5 Å². The van der Waals surface area contributed by atoms with E-state index in [0.717, 1.165) is 40.9 Å². The minimum atomic E-state index is -2.00. The summed E-state index contributed by atoms with van der Waals surface area (Å²) in [6.07, 6.45) is 9.06. The van der Waals surface area contributed by atoms with Gasteiger partial charge in [0.05, 0.1) is 0 Å². The van der Waals surface area contributed by atoms with E-state index in [1.54, 1.807) is 15.2 Å². The van der Waals surface area contributed by atoms with Gasteiger partial charge in [-0.15, -0.1) is 0 Å². The highest BCUT2D eigenvalue weighted by Crippen LogP contribution is 2.35. The molecule has 1 saturated heterocycles. The Morgan fingerprint density at radius 1 is 1.08 bits per heavy atom. The number of anilines is 2. The van der Waals surface area contributed by atoms with Crippen molar-refractivity contribution in [2.45, 2.75) is 37.7 Å². The number of hydrogen-bond donors (Lipinski definition) is 1. The molecule has 0 spiro atoms. The van der Waals surface area contributed by atoms with E-state index >= 15 is 0 Å². The first-order chi connectivity index (χ1) is 19.0. The minimum Gasteiger partial charge on any atom is -0.457 e. The highest BCUT2D eigenvalue weighted by molar-refractivity contribution is 6.29. The summed E-state index contributed by atoms with van der Waals surface area (Å²) in [5.74, 6) is 1.59. The maximum atomic E-state index is 13.4. The normalized spacial score (nSPS) is 16.8. The highest BCUT2D eigenvalue weighted by atomic mass is 35.5. The van der Waals surface area contributed by atoms with Crippen molar-refractivity contribution in [2.75, 3.05) is 18.4 Å². The van der Waals surface area contributed by atoms with E-state index in [4.69, 9.17) is 16.3 Å². The van der Waals surface area contributed by atoms with Crippen LogP contribution in [0.5, 0.6) is 11.5 Å². The molecule has 5 aromatic rings. The van der Waals surface area contributed by atoms with Crippen LogP contribution in [-0.2, 0) is 4.79 Å². The Bertz CT molecular complexity index is 1650. The summed E-state index contributed by atoms with van der Waals surface area (Å²) >= 11 is 5.41. The van der Waals surface area contributed by atoms with Crippen molar-refractivity contribution < 1.29 is 13.9 Å². The van der Waals surface area contributed by atoms with E-state index in [0.29, 0.717) is 36.7 Å². The molecule has 2 atom stereocenters. The Hall–Kier alpha value is -4.25. The third kappa shape index (κ3) is 5.09. The summed E-state index contributed by atoms with van der Waals surface area (Å²) in [5, 5.41) is 11.9. The number of fused-ring (bicyclic) bond motifs is 2. The number of ether oxygens (including phenoxy) is 1. The van der Waals surface area contributed by atoms with Crippen LogP contribution in [0.4, 0.5) is 15.9 Å². The summed E-state index contributed by atoms with van der Waals surface area (Å²) in [6.45, 7) is 2.93. The van der Waals surface area contributed by atoms with Gasteiger partial charge in [-0.3, -0.25) is 4.79 Å². The molecule has 4 aromatic heterocycles. The van der Waals surface area contributed by atoms with E-state index in [-0.39, 0.29) is 5.92 Å². The molecule has 10 nitrogen and oxygen atoms in total. The number of nitrogens with one attached hydrogen (secondary N) is 1. The first-order valence-corrected chi connectivity index (χ1v) is 13.1. The van der Waals surface area contributed by atoms with Gasteiger partial charge in [-0.1, -0.05) is 11.6 Å². The van der Waals surface area contributed by atoms with E-state index in [2.05, 4.69) is 25.5 Å². The maximum absolute atomic E-state index is 13.4. The lowest BCUT2D eigenvalue weighted by molar-refractivity contribution is -0.133. The summed E-state index contributed by atoms with van der Waals surface area (Å²) in [6, 6.07) is 11.6. The van der Waals surface area contributed by atoms with Crippen molar-refractivity contribution in [2.24, 2.45) is 0 Å². The second kappa shape index (κ2) is 10.5. The first kappa shape index (κ1) is 25.1. The number of carbonyl (C=O) groups is 1. The number of aromatic nitrogens is 6. The van der Waals surface area contributed by atoms with Crippen LogP contribution >= 0.6 is 11.6 Å². The molecule has 1 fully saturated rings. The van der Waals surface area contributed by atoms with Crippen LogP contribution in [0.15, 0.2) is 61.4 Å². The van der Waals surface area contributed by atoms with Gasteiger partial charge in [-0.25, -0.2) is 23.4 Å². The number of likely N-dealkylation sites (tertiary alicyclic amines) is 1. The minimum absolute atomic E-state index is 0.174. The smallest absolute Gasteiger partial charge is 0.272 e. The quantitative estimate of drug-likeness (QED) is 0.289. The van der Waals surface area contributed by atoms with Crippen molar-refractivity contribution in [3.05, 3.63) is 72.6 Å². The highest BCUT2D eigenvalue weighted by Gasteiger charge is 2.27. The van der Waals surface area contributed by atoms with E-state index < -0.39 is 11.5 Å². The molecular weight excluding hydrogens is 523 g/mol. The van der Waals surface area contributed by atoms with Gasteiger partial charge in [0.1, 0.15) is 29.7 Å². The largest absolute Gasteiger partial charge is 0.457 e. The molecule has 6 rings (SSSR count). The van der Waals surface area contributed by atoms with E-state index in [1.165, 1.54) is 17.6 Å². The predicted molar refractivity (Wildman–Crippen MR) is 144 cm³/mol. The number of alkyl halides is 2. The number of pyridine rings is 1. The van der Waals surface area contributed by atoms with Gasteiger partial charge < -0.3 is 15.0 Å². The monoisotopic (exact) mass is 548 g/mol. The number of halogens is 2. The lowest BCUT2D eigenvalue weighted by atomic mass is 9.93. The topological polar surface area (TPSA) is 102 Å². The second-order valence-corrected chi connectivity index (χ2v) is 9.94. The lowest BCUT2D eigenvalue weighted by Gasteiger charge is -2.20. The summed E-state index contributed by atoms with van der Waals surface area (Å²) < 4.78 is 23.0. The summed E-state index contributed by atoms with van der Waals surface area (Å²) in [4.78, 5) is 22.3. The predicted octanol–water partition coefficient (Wildman–Crippen LogP) is 5.25. The Balaban J connectivity index is 1.22. The molecule has 0 aliphatic carbocycles. The number of benzene rings is 1. The van der Waals surface area contributed by atoms with Crippen molar-refractivity contribution in [1.82, 2.24) is 34.1 Å². The third-order valence-corrected chi connectivity index (χ3v) is 7.26. The molecule has 5 heterocycles. The van der Waals surface area contributed by atoms with Crippen LogP contribution in [0.25, 0.3) is 11.2 Å². The molecule has 0 radical (unpaired) electrons. The molecule has 1 aromatic carbocycles. The van der Waals surface area contributed by atoms with Gasteiger partial charge in [0, 0.05) is 37.2 Å². The number of amides is 1. The fourth-order valence-corrected chi connectivity index (χ4v) is 5.27. The molecule has 1 N–H and O–H groups in total. The summed E-state index contributed by atoms with van der Waals surface area (Å²) in [7, 11) is 0. The van der Waals surface area contributed by atoms with Crippen LogP contribution in [0.3, 0.4) is 0 Å². The molecule has 1 amide bonds. The Morgan fingerprint density at radius 3 is 2.74 bits per heavy atom. The number of carbonyl (C=O) groups excluding carboxylic acids is 1. The SMILES string of the molecule is Cc1cc(Nc2ncnn3ccc([C@H]4CCCN(C(=O)[C@H](F)Cl)CC4)c23)ccc1Oc1ccn2ncnc2c1. The fourth-order valence-electron chi connectivity index (χ4n) is 5.13. The maximum Gasteiger partial charge on any atom is 0.272 e. The Morgan fingerprint density at radius 2 is 1.90 bits per heavy atom. The van der Waals surface area contributed by atoms with Crippen LogP contribution in [0, 0.1) is 6.92 Å². The average Bonchev–Trinajstić information content (AvgIpc) is 3.51. The van der Waals surface area contributed by atoms with Crippen molar-refractivity contribution in [3.8, 4) is 11.5 Å². The standard InChI is InChI=1S/C27H26ClFN8O2/c1-17-13-19(4-5-22(17)39-20-7-11-36-23(14-20)30-15-32-36)34-26-24-21(8-12-37(24)33-16-31-26)18-3-2-9-35(10-6-18)27(38)25(28)29/h4-5,7-8,11-16,18,25H,2-3,6,9-10H2,1H3,(H,31,33,34)/t18-,25-/m0/s1. The number of aryl methyl sites for hydroxylation is 1. The van der Waals surface area contributed by atoms with Gasteiger partial charge in [0.25, 0.3) is 11.5 Å². The van der Waals surface area contributed by atoms with E-state index in [9.17, 15) is 9.18 Å². The second-order valence-electron chi connectivity index (χ2n) is 9.56. The van der Waals surface area contributed by atoms with Gasteiger partial charge in [-0.05, 0) is 73.6 Å². The molecule has 1 aliphatic heterocycles. The zero-order chi connectivity index (χ0) is 26.9. The van der Waals surface area contributed by atoms with Crippen LogP contribution in [0.1, 0.15) is 36.3 Å². The fraction of sp³-hybridized carbons (Fsp3) is 0.296. The number of hydrogen-bond acceptors (Lipinski definition) is 7. The van der Waals surface area contributed by atoms with Crippen LogP contribution in [0.2, 0.25) is 0 Å². The van der Waals surface area contributed by atoms with Crippen LogP contribution < -0.4 is 10.1 Å². The molecule has 0 saturated carbocycles. The molecule has 200 valence electrons. The van der Waals surface area contributed by atoms with Gasteiger partial charge >= 0.3 is 0 Å². The third-order valence-electron chi connectivity index (χ3n) is 7.07. The van der Waals surface area contributed by atoms with Crippen molar-refractivity contribution in [3.63, 3.8) is 0 Å². The van der Waals surface area contributed by atoms with Gasteiger partial charge in [0.2, 0.25) is 0 Å². The van der Waals surface area contributed by atoms with Crippen molar-refractivity contribution in [1.29, 1.82) is 0 Å². The van der Waals surface area contributed by atoms with Crippen LogP contribution in [-0.4, -0.2) is 58.7 Å². The zero-order valence-corrected chi connectivity index (χ0v) is 21.9. The number of rotatable bonds is 6. The average molecular weight is 549 g/mol. The molecule has 1 aliphatic rings. The molecule has 0 unspecified atom stereocenters. The first-order valence-electron chi connectivity index (χ1n) is 12.7. The number of nitrogens with zero attached hydrogens (tertiary/aromatic N) is 7. The molecule has 39 heavy (non-hydrogen) atoms. The van der Waals surface area contributed by atoms with E-state index in [1.807, 2.05) is 49.5 Å². The summed E-state index contributed by atoms with van der Waals surface area (Å²) in [5.41, 5.74) is 2.48.